The Morgan fingerprint density at radius 1 is 1.00 bits per heavy atom. The third-order valence-corrected chi connectivity index (χ3v) is 6.42. The van der Waals surface area contributed by atoms with Gasteiger partial charge in [-0.15, -0.1) is 0 Å². The van der Waals surface area contributed by atoms with Gasteiger partial charge in [0, 0.05) is 0 Å². The Balaban J connectivity index is 1.59. The van der Waals surface area contributed by atoms with Gasteiger partial charge in [0.05, 0.1) is 29.3 Å². The van der Waals surface area contributed by atoms with Crippen molar-refractivity contribution in [1.82, 2.24) is 0 Å². The first kappa shape index (κ1) is 23.8. The number of rotatable bonds is 7. The number of amides is 2. The first-order valence-corrected chi connectivity index (χ1v) is 11.7. The normalized spacial score (nSPS) is 14.6. The van der Waals surface area contributed by atoms with Gasteiger partial charge in [0.25, 0.3) is 11.1 Å². The van der Waals surface area contributed by atoms with Gasteiger partial charge in [0.1, 0.15) is 18.2 Å². The predicted molar refractivity (Wildman–Crippen MR) is 133 cm³/mol. The second-order valence-electron chi connectivity index (χ2n) is 7.14. The molecule has 1 aliphatic heterocycles. The molecule has 0 atom stereocenters. The summed E-state index contributed by atoms with van der Waals surface area (Å²) in [7, 11) is 2.99. The minimum atomic E-state index is -0.439. The molecule has 1 saturated heterocycles. The van der Waals surface area contributed by atoms with Crippen molar-refractivity contribution in [3.63, 3.8) is 0 Å². The maximum Gasteiger partial charge on any atom is 0.298 e. The largest absolute Gasteiger partial charge is 0.495 e. The van der Waals surface area contributed by atoms with E-state index in [-0.39, 0.29) is 17.3 Å². The molecular formula is C25H19BrFNO5S. The molecule has 0 aliphatic carbocycles. The molecule has 0 radical (unpaired) electrons. The molecule has 0 N–H and O–H groups in total. The molecule has 0 bridgehead atoms. The van der Waals surface area contributed by atoms with Crippen molar-refractivity contribution in [2.45, 2.75) is 6.61 Å². The van der Waals surface area contributed by atoms with Crippen molar-refractivity contribution in [2.24, 2.45) is 0 Å². The zero-order chi connectivity index (χ0) is 24.2. The Labute approximate surface area is 208 Å². The highest BCUT2D eigenvalue weighted by molar-refractivity contribution is 9.10. The van der Waals surface area contributed by atoms with E-state index in [0.717, 1.165) is 22.2 Å². The van der Waals surface area contributed by atoms with Gasteiger partial charge >= 0.3 is 0 Å². The lowest BCUT2D eigenvalue weighted by Gasteiger charge is -2.15. The maximum atomic E-state index is 13.1. The van der Waals surface area contributed by atoms with Crippen molar-refractivity contribution in [3.05, 3.63) is 87.0 Å². The molecule has 2 amide bonds. The van der Waals surface area contributed by atoms with Gasteiger partial charge in [-0.05, 0) is 81.3 Å². The number of thioether (sulfide) groups is 1. The van der Waals surface area contributed by atoms with Gasteiger partial charge < -0.3 is 14.2 Å². The van der Waals surface area contributed by atoms with Crippen LogP contribution < -0.4 is 19.1 Å². The van der Waals surface area contributed by atoms with Crippen molar-refractivity contribution in [2.75, 3.05) is 19.1 Å². The minimum Gasteiger partial charge on any atom is -0.495 e. The molecule has 174 valence electrons. The molecule has 6 nitrogen and oxygen atoms in total. The van der Waals surface area contributed by atoms with Crippen LogP contribution in [0.5, 0.6) is 17.2 Å². The zero-order valence-corrected chi connectivity index (χ0v) is 20.6. The Hall–Kier alpha value is -3.30. The summed E-state index contributed by atoms with van der Waals surface area (Å²) in [5.41, 5.74) is 1.83. The van der Waals surface area contributed by atoms with E-state index in [4.69, 9.17) is 14.2 Å². The average Bonchev–Trinajstić information content (AvgIpc) is 3.11. The van der Waals surface area contributed by atoms with E-state index < -0.39 is 11.1 Å². The number of para-hydroxylation sites is 2. The number of hydrogen-bond acceptors (Lipinski definition) is 6. The molecule has 9 heteroatoms. The van der Waals surface area contributed by atoms with E-state index >= 15 is 0 Å². The van der Waals surface area contributed by atoms with Crippen LogP contribution in [-0.4, -0.2) is 25.4 Å². The molecule has 3 aromatic rings. The lowest BCUT2D eigenvalue weighted by atomic mass is 10.1. The summed E-state index contributed by atoms with van der Waals surface area (Å²) in [6.45, 7) is 0.215. The number of halogens is 2. The van der Waals surface area contributed by atoms with Crippen LogP contribution in [0.1, 0.15) is 11.1 Å². The van der Waals surface area contributed by atoms with Crippen LogP contribution in [0.3, 0.4) is 0 Å². The fraction of sp³-hybridized carbons (Fsp3) is 0.120. The first-order valence-electron chi connectivity index (χ1n) is 10.1. The smallest absolute Gasteiger partial charge is 0.298 e. The van der Waals surface area contributed by atoms with Crippen LogP contribution in [0.15, 0.2) is 70.0 Å². The Bertz CT molecular complexity index is 1280. The van der Waals surface area contributed by atoms with Gasteiger partial charge in [-0.25, -0.2) is 9.29 Å². The Morgan fingerprint density at radius 2 is 1.71 bits per heavy atom. The molecule has 1 heterocycles. The number of hydrogen-bond donors (Lipinski definition) is 0. The molecule has 34 heavy (non-hydrogen) atoms. The number of nitrogens with zero attached hydrogens (tertiary/aromatic N) is 1. The van der Waals surface area contributed by atoms with Gasteiger partial charge in [-0.3, -0.25) is 9.59 Å². The summed E-state index contributed by atoms with van der Waals surface area (Å²) in [6.07, 6.45) is 1.62. The molecule has 1 fully saturated rings. The quantitative estimate of drug-likeness (QED) is 0.320. The number of ether oxygens (including phenoxy) is 3. The summed E-state index contributed by atoms with van der Waals surface area (Å²) >= 11 is 4.34. The molecule has 0 aromatic heterocycles. The van der Waals surface area contributed by atoms with Crippen LogP contribution in [0.2, 0.25) is 0 Å². The summed E-state index contributed by atoms with van der Waals surface area (Å²) < 4.78 is 30.4. The second-order valence-corrected chi connectivity index (χ2v) is 8.99. The fourth-order valence-electron chi connectivity index (χ4n) is 3.34. The summed E-state index contributed by atoms with van der Waals surface area (Å²) in [5, 5.41) is -0.411. The van der Waals surface area contributed by atoms with Crippen molar-refractivity contribution < 1.29 is 28.2 Å². The van der Waals surface area contributed by atoms with Gasteiger partial charge in [0.15, 0.2) is 11.5 Å². The van der Waals surface area contributed by atoms with E-state index in [1.165, 1.54) is 26.4 Å². The number of benzene rings is 3. The monoisotopic (exact) mass is 543 g/mol. The summed E-state index contributed by atoms with van der Waals surface area (Å²) in [6, 6.07) is 16.3. The van der Waals surface area contributed by atoms with Crippen LogP contribution in [0.4, 0.5) is 14.9 Å². The third-order valence-electron chi connectivity index (χ3n) is 4.97. The van der Waals surface area contributed by atoms with Gasteiger partial charge in [0.2, 0.25) is 0 Å². The number of methoxy groups -OCH3 is 2. The standard InChI is InChI=1S/C25H19BrFNO5S/c1-31-20-6-4-3-5-19(20)28-24(29)22(34-25(28)30)13-16-11-18(26)23(21(12-16)32-2)33-14-15-7-9-17(27)10-8-15/h3-13H,14H2,1-2H3/b22-13-. The van der Waals surface area contributed by atoms with E-state index in [1.54, 1.807) is 54.6 Å². The number of imide groups is 1. The van der Waals surface area contributed by atoms with Gasteiger partial charge in [-0.1, -0.05) is 24.3 Å². The summed E-state index contributed by atoms with van der Waals surface area (Å²) in [4.78, 5) is 27.0. The average molecular weight is 544 g/mol. The molecule has 1 aliphatic rings. The third kappa shape index (κ3) is 4.95. The van der Waals surface area contributed by atoms with E-state index in [9.17, 15) is 14.0 Å². The van der Waals surface area contributed by atoms with Crippen molar-refractivity contribution in [1.29, 1.82) is 0 Å². The molecule has 0 spiro atoms. The maximum absolute atomic E-state index is 13.1. The minimum absolute atomic E-state index is 0.215. The van der Waals surface area contributed by atoms with Crippen molar-refractivity contribution in [3.8, 4) is 17.2 Å². The topological polar surface area (TPSA) is 65.1 Å². The zero-order valence-electron chi connectivity index (χ0n) is 18.2. The predicted octanol–water partition coefficient (Wildman–Crippen LogP) is 6.43. The highest BCUT2D eigenvalue weighted by atomic mass is 79.9. The molecular weight excluding hydrogens is 525 g/mol. The van der Waals surface area contributed by atoms with Crippen LogP contribution >= 0.6 is 27.7 Å². The SMILES string of the molecule is COc1ccccc1N1C(=O)S/C(=C\c2cc(Br)c(OCc3ccc(F)cc3)c(OC)c2)C1=O. The number of anilines is 1. The highest BCUT2D eigenvalue weighted by Crippen LogP contribution is 2.41. The molecule has 0 unspecified atom stereocenters. The lowest BCUT2D eigenvalue weighted by molar-refractivity contribution is -0.113. The summed E-state index contributed by atoms with van der Waals surface area (Å²) in [5.74, 6) is 0.573. The Morgan fingerprint density at radius 3 is 2.41 bits per heavy atom. The number of carbonyl (C=O) groups excluding carboxylic acids is 2. The molecule has 4 rings (SSSR count). The van der Waals surface area contributed by atoms with Crippen LogP contribution in [-0.2, 0) is 11.4 Å². The van der Waals surface area contributed by atoms with Crippen LogP contribution in [0, 0.1) is 5.82 Å². The second kappa shape index (κ2) is 10.3. The van der Waals surface area contributed by atoms with Crippen molar-refractivity contribution >= 4 is 50.6 Å². The van der Waals surface area contributed by atoms with Gasteiger partial charge in [-0.2, -0.15) is 0 Å². The molecule has 3 aromatic carbocycles. The highest BCUT2D eigenvalue weighted by Gasteiger charge is 2.37. The van der Waals surface area contributed by atoms with Crippen LogP contribution in [0.25, 0.3) is 6.08 Å². The fourth-order valence-corrected chi connectivity index (χ4v) is 4.75. The van der Waals surface area contributed by atoms with E-state index in [2.05, 4.69) is 15.9 Å². The molecule has 0 saturated carbocycles. The van der Waals surface area contributed by atoms with E-state index in [1.807, 2.05) is 0 Å². The first-order chi connectivity index (χ1) is 16.4. The Kier molecular flexibility index (Phi) is 7.23. The van der Waals surface area contributed by atoms with E-state index in [0.29, 0.717) is 33.0 Å². The number of carbonyl (C=O) groups is 2. The lowest BCUT2D eigenvalue weighted by Crippen LogP contribution is -2.28.